The van der Waals surface area contributed by atoms with Crippen LogP contribution >= 0.6 is 0 Å². The number of carbonyl (C=O) groups is 2. The van der Waals surface area contributed by atoms with Gasteiger partial charge in [0.25, 0.3) is 0 Å². The van der Waals surface area contributed by atoms with Crippen molar-refractivity contribution in [2.24, 2.45) is 11.8 Å². The third kappa shape index (κ3) is 2.19. The highest BCUT2D eigenvalue weighted by Gasteiger charge is 2.49. The van der Waals surface area contributed by atoms with Crippen molar-refractivity contribution >= 4 is 11.8 Å². The minimum atomic E-state index is -0.139. The number of imide groups is 1. The first-order valence-corrected chi connectivity index (χ1v) is 8.11. The highest BCUT2D eigenvalue weighted by molar-refractivity contribution is 5.97. The molecule has 0 spiro atoms. The van der Waals surface area contributed by atoms with E-state index in [-0.39, 0.29) is 29.6 Å². The van der Waals surface area contributed by atoms with Crippen molar-refractivity contribution in [3.8, 4) is 0 Å². The van der Waals surface area contributed by atoms with Crippen LogP contribution in [0.25, 0.3) is 0 Å². The second kappa shape index (κ2) is 5.34. The van der Waals surface area contributed by atoms with Gasteiger partial charge in [-0.2, -0.15) is 0 Å². The van der Waals surface area contributed by atoms with Crippen LogP contribution in [-0.2, 0) is 16.0 Å². The molecule has 3 nitrogen and oxygen atoms in total. The zero-order valence-electron chi connectivity index (χ0n) is 13.1. The van der Waals surface area contributed by atoms with Crippen LogP contribution < -0.4 is 0 Å². The third-order valence-electron chi connectivity index (χ3n) is 5.29. The van der Waals surface area contributed by atoms with E-state index in [1.807, 2.05) is 24.3 Å². The quantitative estimate of drug-likeness (QED) is 0.812. The summed E-state index contributed by atoms with van der Waals surface area (Å²) in [6, 6.07) is 18.7. The summed E-state index contributed by atoms with van der Waals surface area (Å²) in [6.07, 6.45) is 0.743. The first-order chi connectivity index (χ1) is 11.2. The lowest BCUT2D eigenvalue weighted by atomic mass is 9.68. The Bertz CT molecular complexity index is 768. The maximum atomic E-state index is 12.7. The van der Waals surface area contributed by atoms with Crippen molar-refractivity contribution < 1.29 is 9.59 Å². The monoisotopic (exact) mass is 305 g/mol. The maximum Gasteiger partial charge on any atom is 0.232 e. The molecule has 3 unspecified atom stereocenters. The Hall–Kier alpha value is -2.42. The van der Waals surface area contributed by atoms with Crippen molar-refractivity contribution in [2.45, 2.75) is 19.3 Å². The molecule has 0 saturated carbocycles. The van der Waals surface area contributed by atoms with E-state index in [9.17, 15) is 9.59 Å². The summed E-state index contributed by atoms with van der Waals surface area (Å²) in [4.78, 5) is 25.9. The van der Waals surface area contributed by atoms with Crippen LogP contribution in [0, 0.1) is 11.8 Å². The molecule has 3 atom stereocenters. The molecule has 0 N–H and O–H groups in total. The topological polar surface area (TPSA) is 37.4 Å². The van der Waals surface area contributed by atoms with E-state index in [2.05, 4.69) is 30.3 Å². The number of carbonyl (C=O) groups excluding carboxylic acids is 2. The lowest BCUT2D eigenvalue weighted by Gasteiger charge is -2.34. The molecule has 2 amide bonds. The molecule has 23 heavy (non-hydrogen) atoms. The molecule has 1 fully saturated rings. The zero-order valence-corrected chi connectivity index (χ0v) is 13.1. The van der Waals surface area contributed by atoms with Crippen molar-refractivity contribution in [2.75, 3.05) is 6.54 Å². The van der Waals surface area contributed by atoms with Crippen LogP contribution in [0.15, 0.2) is 54.6 Å². The van der Waals surface area contributed by atoms with Crippen molar-refractivity contribution in [3.05, 3.63) is 71.3 Å². The van der Waals surface area contributed by atoms with Gasteiger partial charge >= 0.3 is 0 Å². The molecular formula is C20H19NO2. The Balaban J connectivity index is 1.84. The maximum absolute atomic E-state index is 12.7. The molecule has 116 valence electrons. The smallest absolute Gasteiger partial charge is 0.232 e. The predicted molar refractivity (Wildman–Crippen MR) is 87.8 cm³/mol. The van der Waals surface area contributed by atoms with Crippen LogP contribution in [0.3, 0.4) is 0 Å². The highest BCUT2D eigenvalue weighted by atomic mass is 16.2. The number of benzene rings is 2. The van der Waals surface area contributed by atoms with Crippen LogP contribution in [0.5, 0.6) is 0 Å². The van der Waals surface area contributed by atoms with E-state index in [0.29, 0.717) is 6.54 Å². The van der Waals surface area contributed by atoms with Crippen LogP contribution in [0.2, 0.25) is 0 Å². The normalized spacial score (nSPS) is 25.9. The Morgan fingerprint density at radius 2 is 1.74 bits per heavy atom. The standard InChI is InChI=1S/C20H19NO2/c1-13(22)21-12-18-17(20(21)23)11-15-9-5-6-10-16(15)19(18)14-7-3-2-4-8-14/h2-10,17-19H,11-12H2,1H3. The fourth-order valence-electron chi connectivity index (χ4n) is 4.25. The van der Waals surface area contributed by atoms with Crippen LogP contribution in [0.1, 0.15) is 29.5 Å². The fourth-order valence-corrected chi connectivity index (χ4v) is 4.25. The van der Waals surface area contributed by atoms with Crippen molar-refractivity contribution in [1.29, 1.82) is 0 Å². The Morgan fingerprint density at radius 1 is 1.04 bits per heavy atom. The van der Waals surface area contributed by atoms with Gasteiger partial charge < -0.3 is 0 Å². The van der Waals surface area contributed by atoms with Gasteiger partial charge in [0.1, 0.15) is 0 Å². The summed E-state index contributed by atoms with van der Waals surface area (Å²) in [5.41, 5.74) is 3.77. The van der Waals surface area contributed by atoms with E-state index >= 15 is 0 Å². The second-order valence-electron chi connectivity index (χ2n) is 6.53. The largest absolute Gasteiger partial charge is 0.282 e. The predicted octanol–water partition coefficient (Wildman–Crippen LogP) is 3.00. The average Bonchev–Trinajstić information content (AvgIpc) is 2.90. The molecule has 0 bridgehead atoms. The molecular weight excluding hydrogens is 286 g/mol. The molecule has 1 aliphatic carbocycles. The zero-order chi connectivity index (χ0) is 16.0. The summed E-state index contributed by atoms with van der Waals surface area (Å²) in [5, 5.41) is 0. The second-order valence-corrected chi connectivity index (χ2v) is 6.53. The first-order valence-electron chi connectivity index (χ1n) is 8.11. The van der Waals surface area contributed by atoms with E-state index < -0.39 is 0 Å². The van der Waals surface area contributed by atoms with Gasteiger partial charge in [-0.25, -0.2) is 0 Å². The van der Waals surface area contributed by atoms with Gasteiger partial charge in [-0.15, -0.1) is 0 Å². The number of hydrogen-bond donors (Lipinski definition) is 0. The molecule has 0 radical (unpaired) electrons. The van der Waals surface area contributed by atoms with E-state index in [1.165, 1.54) is 28.5 Å². The lowest BCUT2D eigenvalue weighted by molar-refractivity contribution is -0.142. The number of amides is 2. The summed E-state index contributed by atoms with van der Waals surface area (Å²) in [5.74, 6) is 0.125. The Labute approximate surface area is 135 Å². The summed E-state index contributed by atoms with van der Waals surface area (Å²) in [7, 11) is 0. The minimum absolute atomic E-state index is 0.00191. The third-order valence-corrected chi connectivity index (χ3v) is 5.29. The number of nitrogens with zero attached hydrogens (tertiary/aromatic N) is 1. The van der Waals surface area contributed by atoms with Gasteiger partial charge in [0.2, 0.25) is 11.8 Å². The van der Waals surface area contributed by atoms with E-state index in [4.69, 9.17) is 0 Å². The van der Waals surface area contributed by atoms with Gasteiger partial charge in [0.05, 0.1) is 0 Å². The molecule has 2 aromatic rings. The van der Waals surface area contributed by atoms with Gasteiger partial charge in [-0.1, -0.05) is 54.6 Å². The fraction of sp³-hybridized carbons (Fsp3) is 0.300. The lowest BCUT2D eigenvalue weighted by Crippen LogP contribution is -2.32. The molecule has 1 saturated heterocycles. The summed E-state index contributed by atoms with van der Waals surface area (Å²) >= 11 is 0. The average molecular weight is 305 g/mol. The van der Waals surface area contributed by atoms with Crippen LogP contribution in [0.4, 0.5) is 0 Å². The molecule has 3 heteroatoms. The molecule has 0 aromatic heterocycles. The minimum Gasteiger partial charge on any atom is -0.282 e. The Morgan fingerprint density at radius 3 is 2.48 bits per heavy atom. The Kier molecular flexibility index (Phi) is 3.29. The van der Waals surface area contributed by atoms with Gasteiger partial charge in [-0.05, 0) is 29.0 Å². The molecule has 2 aliphatic rings. The molecule has 1 aliphatic heterocycles. The van der Waals surface area contributed by atoms with Crippen molar-refractivity contribution in [1.82, 2.24) is 4.90 Å². The van der Waals surface area contributed by atoms with Crippen LogP contribution in [-0.4, -0.2) is 23.3 Å². The first kappa shape index (κ1) is 14.2. The SMILES string of the molecule is CC(=O)N1CC2C(Cc3ccccc3C2c2ccccc2)C1=O. The van der Waals surface area contributed by atoms with Gasteiger partial charge in [-0.3, -0.25) is 14.5 Å². The highest BCUT2D eigenvalue weighted by Crippen LogP contribution is 2.47. The number of likely N-dealkylation sites (tertiary alicyclic amines) is 1. The molecule has 1 heterocycles. The number of hydrogen-bond acceptors (Lipinski definition) is 2. The summed E-state index contributed by atoms with van der Waals surface area (Å²) < 4.78 is 0. The van der Waals surface area contributed by atoms with Gasteiger partial charge in [0.15, 0.2) is 0 Å². The summed E-state index contributed by atoms with van der Waals surface area (Å²) in [6.45, 7) is 2.02. The molecule has 2 aromatic carbocycles. The van der Waals surface area contributed by atoms with Crippen molar-refractivity contribution in [3.63, 3.8) is 0 Å². The van der Waals surface area contributed by atoms with Gasteiger partial charge in [0, 0.05) is 25.3 Å². The van der Waals surface area contributed by atoms with E-state index in [1.54, 1.807) is 0 Å². The number of fused-ring (bicyclic) bond motifs is 2. The number of rotatable bonds is 1. The van der Waals surface area contributed by atoms with E-state index in [0.717, 1.165) is 6.42 Å². The molecule has 4 rings (SSSR count).